The molecule has 52 heavy (non-hydrogen) atoms. The fourth-order valence-electron chi connectivity index (χ4n) is 8.79. The molecule has 0 fully saturated rings. The Kier molecular flexibility index (Phi) is 9.05. The van der Waals surface area contributed by atoms with Crippen molar-refractivity contribution in [3.63, 3.8) is 0 Å². The van der Waals surface area contributed by atoms with Gasteiger partial charge in [0.25, 0.3) is 0 Å². The number of fused-ring (bicyclic) bond motifs is 4. The van der Waals surface area contributed by atoms with Gasteiger partial charge in [-0.25, -0.2) is 4.99 Å². The maximum Gasteiger partial charge on any atom is 0.216 e. The lowest BCUT2D eigenvalue weighted by Gasteiger charge is -2.35. The first-order valence-corrected chi connectivity index (χ1v) is 21.1. The molecule has 0 bridgehead atoms. The largest absolute Gasteiger partial charge is 0.475 e. The Morgan fingerprint density at radius 2 is 1.04 bits per heavy atom. The number of aliphatic imine (C=N–C) groups is 1. The van der Waals surface area contributed by atoms with Crippen molar-refractivity contribution in [1.29, 1.82) is 0 Å². The summed E-state index contributed by atoms with van der Waals surface area (Å²) in [5.41, 5.74) is 13.1. The molecule has 4 aromatic rings. The molecular formula is C49H62NOP. The number of ether oxygens (including phenoxy) is 1. The van der Waals surface area contributed by atoms with Crippen LogP contribution in [0.3, 0.4) is 0 Å². The Hall–Kier alpha value is -3.22. The van der Waals surface area contributed by atoms with Gasteiger partial charge in [0.15, 0.2) is 0 Å². The standard InChI is InChI=1S/C49H62NOP/c1-31-30-51-44(50-31)40-18-14-16-32-20-22-49(42(32)40)23-21-33-17-15-19-41(43(33)49)52(38-26-34(45(2,3)4)24-35(27-38)46(5,6)7)39-28-36(47(8,9)10)25-37(29-39)48(11,12)13/h14-19,24-29,31H,20-23,30H2,1-13H3/t31-,49?/m0/s1. The van der Waals surface area contributed by atoms with E-state index in [2.05, 4.69) is 163 Å². The average Bonchev–Trinajstić information content (AvgIpc) is 3.77. The van der Waals surface area contributed by atoms with Crippen LogP contribution in [0.2, 0.25) is 0 Å². The van der Waals surface area contributed by atoms with Crippen LogP contribution >= 0.6 is 7.92 Å². The van der Waals surface area contributed by atoms with E-state index >= 15 is 0 Å². The van der Waals surface area contributed by atoms with Crippen molar-refractivity contribution in [2.24, 2.45) is 4.99 Å². The summed E-state index contributed by atoms with van der Waals surface area (Å²) in [5, 5.41) is 4.47. The lowest BCUT2D eigenvalue weighted by atomic mass is 9.74. The van der Waals surface area contributed by atoms with Gasteiger partial charge in [-0.1, -0.05) is 150 Å². The van der Waals surface area contributed by atoms with Gasteiger partial charge >= 0.3 is 0 Å². The molecule has 0 saturated heterocycles. The Morgan fingerprint density at radius 3 is 1.46 bits per heavy atom. The number of benzene rings is 4. The maximum atomic E-state index is 6.32. The quantitative estimate of drug-likeness (QED) is 0.193. The zero-order valence-electron chi connectivity index (χ0n) is 34.3. The number of hydrogen-bond donors (Lipinski definition) is 0. The summed E-state index contributed by atoms with van der Waals surface area (Å²) in [6.07, 6.45) is 4.48. The number of rotatable bonds is 4. The molecule has 1 heterocycles. The van der Waals surface area contributed by atoms with Crippen LogP contribution in [0.25, 0.3) is 0 Å². The van der Waals surface area contributed by atoms with E-state index < -0.39 is 7.92 Å². The van der Waals surface area contributed by atoms with Crippen molar-refractivity contribution in [3.05, 3.63) is 123 Å². The summed E-state index contributed by atoms with van der Waals surface area (Å²) in [6, 6.07) is 29.7. The van der Waals surface area contributed by atoms with Crippen molar-refractivity contribution in [2.75, 3.05) is 6.61 Å². The van der Waals surface area contributed by atoms with E-state index in [1.165, 1.54) is 60.4 Å². The van der Waals surface area contributed by atoms with Crippen molar-refractivity contribution in [3.8, 4) is 0 Å². The van der Waals surface area contributed by atoms with Crippen LogP contribution < -0.4 is 15.9 Å². The molecular weight excluding hydrogens is 650 g/mol. The van der Waals surface area contributed by atoms with Gasteiger partial charge in [0, 0.05) is 11.0 Å². The topological polar surface area (TPSA) is 21.6 Å². The van der Waals surface area contributed by atoms with Gasteiger partial charge in [-0.2, -0.15) is 0 Å². The predicted molar refractivity (Wildman–Crippen MR) is 226 cm³/mol. The van der Waals surface area contributed by atoms with Gasteiger partial charge in [0.2, 0.25) is 5.90 Å². The highest BCUT2D eigenvalue weighted by Crippen LogP contribution is 2.55. The van der Waals surface area contributed by atoms with Gasteiger partial charge in [0.1, 0.15) is 6.61 Å². The fraction of sp³-hybridized carbons (Fsp3) is 0.490. The van der Waals surface area contributed by atoms with Crippen molar-refractivity contribution in [2.45, 2.75) is 149 Å². The lowest BCUT2D eigenvalue weighted by molar-refractivity contribution is 0.323. The molecule has 3 heteroatoms. The number of nitrogens with zero attached hydrogens (tertiary/aromatic N) is 1. The molecule has 2 nitrogen and oxygen atoms in total. The molecule has 0 amide bonds. The Labute approximate surface area is 316 Å². The molecule has 0 aromatic heterocycles. The molecule has 0 radical (unpaired) electrons. The summed E-state index contributed by atoms with van der Waals surface area (Å²) in [5.74, 6) is 0.846. The number of aryl methyl sites for hydroxylation is 2. The summed E-state index contributed by atoms with van der Waals surface area (Å²) >= 11 is 0. The summed E-state index contributed by atoms with van der Waals surface area (Å²) in [7, 11) is -0.922. The second-order valence-corrected chi connectivity index (χ2v) is 22.4. The highest BCUT2D eigenvalue weighted by atomic mass is 31.1. The molecule has 7 rings (SSSR count). The monoisotopic (exact) mass is 711 g/mol. The molecule has 1 aliphatic heterocycles. The third-order valence-corrected chi connectivity index (χ3v) is 14.4. The summed E-state index contributed by atoms with van der Waals surface area (Å²) in [4.78, 5) is 5.03. The zero-order chi connectivity index (χ0) is 37.6. The van der Waals surface area contributed by atoms with Crippen molar-refractivity contribution >= 4 is 29.7 Å². The van der Waals surface area contributed by atoms with E-state index in [1.54, 1.807) is 5.56 Å². The molecule has 3 aliphatic rings. The Bertz CT molecular complexity index is 1910. The Morgan fingerprint density at radius 1 is 0.596 bits per heavy atom. The first kappa shape index (κ1) is 37.1. The predicted octanol–water partition coefficient (Wildman–Crippen LogP) is 11.0. The van der Waals surface area contributed by atoms with E-state index in [0.29, 0.717) is 6.61 Å². The third-order valence-electron chi connectivity index (χ3n) is 12.0. The maximum absolute atomic E-state index is 6.32. The van der Waals surface area contributed by atoms with Gasteiger partial charge in [-0.05, 0) is 129 Å². The second kappa shape index (κ2) is 12.7. The SMILES string of the molecule is C[C@H]1COC(c2cccc3c2C2(CC3)CCc3cccc(P(c4cc(C(C)(C)C)cc(C(C)(C)C)c4)c4cc(C(C)(C)C)cc(C(C)(C)C)c4)c32)=N1. The van der Waals surface area contributed by atoms with Crippen molar-refractivity contribution in [1.82, 2.24) is 0 Å². The van der Waals surface area contributed by atoms with Gasteiger partial charge in [0.05, 0.1) is 6.04 Å². The van der Waals surface area contributed by atoms with Gasteiger partial charge in [-0.3, -0.25) is 0 Å². The van der Waals surface area contributed by atoms with E-state index in [-0.39, 0.29) is 33.1 Å². The first-order valence-electron chi connectivity index (χ1n) is 19.7. The van der Waals surface area contributed by atoms with E-state index in [0.717, 1.165) is 31.6 Å². The average molecular weight is 712 g/mol. The minimum absolute atomic E-state index is 0.0269. The third kappa shape index (κ3) is 6.61. The smallest absolute Gasteiger partial charge is 0.216 e. The molecule has 0 saturated carbocycles. The van der Waals surface area contributed by atoms with Gasteiger partial charge in [-0.15, -0.1) is 0 Å². The minimum atomic E-state index is -0.922. The highest BCUT2D eigenvalue weighted by molar-refractivity contribution is 7.80. The fourth-order valence-corrected chi connectivity index (χ4v) is 11.5. The minimum Gasteiger partial charge on any atom is -0.475 e. The molecule has 2 atom stereocenters. The van der Waals surface area contributed by atoms with E-state index in [4.69, 9.17) is 9.73 Å². The highest BCUT2D eigenvalue weighted by Gasteiger charge is 2.49. The van der Waals surface area contributed by atoms with Gasteiger partial charge < -0.3 is 4.74 Å². The Balaban J connectivity index is 1.57. The first-order chi connectivity index (χ1) is 24.2. The van der Waals surface area contributed by atoms with Crippen LogP contribution in [0, 0.1) is 0 Å². The molecule has 274 valence electrons. The van der Waals surface area contributed by atoms with Crippen LogP contribution in [-0.4, -0.2) is 18.5 Å². The number of hydrogen-bond acceptors (Lipinski definition) is 2. The summed E-state index contributed by atoms with van der Waals surface area (Å²) in [6.45, 7) is 31.3. The molecule has 1 spiro atoms. The van der Waals surface area contributed by atoms with E-state index in [1.807, 2.05) is 0 Å². The molecule has 0 N–H and O–H groups in total. The van der Waals surface area contributed by atoms with Crippen LogP contribution in [0.4, 0.5) is 0 Å². The van der Waals surface area contributed by atoms with Crippen LogP contribution in [0.15, 0.2) is 77.8 Å². The second-order valence-electron chi connectivity index (χ2n) is 20.2. The zero-order valence-corrected chi connectivity index (χ0v) is 35.2. The van der Waals surface area contributed by atoms with Crippen LogP contribution in [0.5, 0.6) is 0 Å². The molecule has 4 aromatic carbocycles. The summed E-state index contributed by atoms with van der Waals surface area (Å²) < 4.78 is 6.32. The van der Waals surface area contributed by atoms with E-state index in [9.17, 15) is 0 Å². The lowest BCUT2D eigenvalue weighted by Crippen LogP contribution is -2.34. The van der Waals surface area contributed by atoms with Crippen LogP contribution in [-0.2, 0) is 44.7 Å². The molecule has 1 unspecified atom stereocenters. The van der Waals surface area contributed by atoms with Crippen LogP contribution in [0.1, 0.15) is 153 Å². The normalized spacial score (nSPS) is 20.3. The molecule has 2 aliphatic carbocycles. The van der Waals surface area contributed by atoms with Crippen molar-refractivity contribution < 1.29 is 4.74 Å².